The van der Waals surface area contributed by atoms with Crippen molar-refractivity contribution in [2.24, 2.45) is 5.73 Å². The van der Waals surface area contributed by atoms with Crippen LogP contribution in [0.15, 0.2) is 18.5 Å². The molecule has 3 nitrogen and oxygen atoms in total. The Labute approximate surface area is 79.7 Å². The Morgan fingerprint density at radius 2 is 2.38 bits per heavy atom. The van der Waals surface area contributed by atoms with E-state index >= 15 is 0 Å². The maximum absolute atomic E-state index is 12.6. The minimum atomic E-state index is -0.816. The van der Waals surface area contributed by atoms with E-state index in [1.54, 1.807) is 0 Å². The molecule has 0 aromatic carbocycles. The topological polar surface area (TPSA) is 56.0 Å². The lowest BCUT2D eigenvalue weighted by Crippen LogP contribution is -2.25. The van der Waals surface area contributed by atoms with E-state index in [4.69, 9.17) is 17.3 Å². The van der Waals surface area contributed by atoms with Crippen LogP contribution in [0, 0.1) is 5.82 Å². The van der Waals surface area contributed by atoms with E-state index in [-0.39, 0.29) is 6.42 Å². The van der Waals surface area contributed by atoms with Crippen molar-refractivity contribution in [2.45, 2.75) is 11.8 Å². The normalized spacial score (nSPS) is 12.5. The zero-order valence-electron chi connectivity index (χ0n) is 6.71. The fourth-order valence-electron chi connectivity index (χ4n) is 0.875. The van der Waals surface area contributed by atoms with Crippen LogP contribution in [0.5, 0.6) is 0 Å². The van der Waals surface area contributed by atoms with Gasteiger partial charge >= 0.3 is 0 Å². The molecule has 1 unspecified atom stereocenters. The highest BCUT2D eigenvalue weighted by molar-refractivity contribution is 6.30. The molecule has 0 radical (unpaired) electrons. The first-order valence-corrected chi connectivity index (χ1v) is 4.06. The van der Waals surface area contributed by atoms with Gasteiger partial charge in [0.05, 0.1) is 6.20 Å². The SMILES string of the molecule is NC(=O)C(Cl)Cc1cncc(F)c1. The monoisotopic (exact) mass is 202 g/mol. The zero-order chi connectivity index (χ0) is 9.84. The van der Waals surface area contributed by atoms with Crippen molar-refractivity contribution in [3.8, 4) is 0 Å². The molecule has 1 rings (SSSR count). The first-order chi connectivity index (χ1) is 6.09. The van der Waals surface area contributed by atoms with Gasteiger partial charge in [-0.15, -0.1) is 11.6 Å². The second kappa shape index (κ2) is 4.18. The van der Waals surface area contributed by atoms with Crippen LogP contribution in [-0.4, -0.2) is 16.3 Å². The van der Waals surface area contributed by atoms with Gasteiger partial charge in [-0.3, -0.25) is 9.78 Å². The second-order valence-electron chi connectivity index (χ2n) is 2.59. The predicted molar refractivity (Wildman–Crippen MR) is 46.7 cm³/mol. The third-order valence-corrected chi connectivity index (χ3v) is 1.85. The number of carbonyl (C=O) groups excluding carboxylic acids is 1. The molecule has 0 saturated heterocycles. The highest BCUT2D eigenvalue weighted by Crippen LogP contribution is 2.07. The van der Waals surface area contributed by atoms with Gasteiger partial charge in [0.25, 0.3) is 0 Å². The number of nitrogens with two attached hydrogens (primary N) is 1. The fourth-order valence-corrected chi connectivity index (χ4v) is 1.05. The van der Waals surface area contributed by atoms with Gasteiger partial charge in [-0.1, -0.05) is 0 Å². The molecule has 13 heavy (non-hydrogen) atoms. The third-order valence-electron chi connectivity index (χ3n) is 1.49. The number of carbonyl (C=O) groups is 1. The van der Waals surface area contributed by atoms with Crippen molar-refractivity contribution in [3.63, 3.8) is 0 Å². The van der Waals surface area contributed by atoms with E-state index in [0.29, 0.717) is 5.56 Å². The Morgan fingerprint density at radius 1 is 1.69 bits per heavy atom. The molecule has 0 bridgehead atoms. The van der Waals surface area contributed by atoms with Crippen molar-refractivity contribution >= 4 is 17.5 Å². The van der Waals surface area contributed by atoms with Gasteiger partial charge in [0.15, 0.2) is 0 Å². The molecule has 2 N–H and O–H groups in total. The minimum Gasteiger partial charge on any atom is -0.368 e. The Bertz CT molecular complexity index is 319. The van der Waals surface area contributed by atoms with Gasteiger partial charge in [-0.25, -0.2) is 4.39 Å². The summed E-state index contributed by atoms with van der Waals surface area (Å²) in [5.41, 5.74) is 5.49. The van der Waals surface area contributed by atoms with Crippen LogP contribution in [0.1, 0.15) is 5.56 Å². The third kappa shape index (κ3) is 2.99. The lowest BCUT2D eigenvalue weighted by molar-refractivity contribution is -0.117. The van der Waals surface area contributed by atoms with Gasteiger partial charge in [0.1, 0.15) is 11.2 Å². The summed E-state index contributed by atoms with van der Waals surface area (Å²) in [7, 11) is 0. The number of rotatable bonds is 3. The Balaban J connectivity index is 2.69. The molecule has 0 spiro atoms. The summed E-state index contributed by atoms with van der Waals surface area (Å²) in [5, 5.41) is -0.816. The summed E-state index contributed by atoms with van der Waals surface area (Å²) in [6, 6.07) is 1.27. The minimum absolute atomic E-state index is 0.196. The molecule has 0 fully saturated rings. The summed E-state index contributed by atoms with van der Waals surface area (Å²) in [6.07, 6.45) is 2.72. The summed E-state index contributed by atoms with van der Waals surface area (Å²) < 4.78 is 12.6. The number of aromatic nitrogens is 1. The number of halogens is 2. The highest BCUT2D eigenvalue weighted by atomic mass is 35.5. The number of hydrogen-bond donors (Lipinski definition) is 1. The molecule has 1 heterocycles. The smallest absolute Gasteiger partial charge is 0.235 e. The molecule has 0 saturated carbocycles. The lowest BCUT2D eigenvalue weighted by atomic mass is 10.1. The number of nitrogens with zero attached hydrogens (tertiary/aromatic N) is 1. The van der Waals surface area contributed by atoms with E-state index in [0.717, 1.165) is 6.20 Å². The van der Waals surface area contributed by atoms with Crippen molar-refractivity contribution in [3.05, 3.63) is 29.8 Å². The molecule has 0 aliphatic heterocycles. The molecule has 0 aliphatic carbocycles. The first-order valence-electron chi connectivity index (χ1n) is 3.62. The zero-order valence-corrected chi connectivity index (χ0v) is 7.46. The van der Waals surface area contributed by atoms with Crippen molar-refractivity contribution in [1.29, 1.82) is 0 Å². The molecule has 70 valence electrons. The Kier molecular flexibility index (Phi) is 3.19. The maximum Gasteiger partial charge on any atom is 0.235 e. The van der Waals surface area contributed by atoms with Crippen molar-refractivity contribution in [1.82, 2.24) is 4.98 Å². The summed E-state index contributed by atoms with van der Waals surface area (Å²) in [5.74, 6) is -1.07. The maximum atomic E-state index is 12.6. The van der Waals surface area contributed by atoms with Gasteiger partial charge in [0, 0.05) is 6.20 Å². The van der Waals surface area contributed by atoms with Crippen LogP contribution < -0.4 is 5.73 Å². The Morgan fingerprint density at radius 3 is 2.92 bits per heavy atom. The number of hydrogen-bond acceptors (Lipinski definition) is 2. The number of amides is 1. The van der Waals surface area contributed by atoms with Crippen molar-refractivity contribution < 1.29 is 9.18 Å². The molecule has 1 aromatic rings. The number of primary amides is 1. The first kappa shape index (κ1) is 9.92. The highest BCUT2D eigenvalue weighted by Gasteiger charge is 2.12. The van der Waals surface area contributed by atoms with Gasteiger partial charge in [-0.05, 0) is 18.1 Å². The van der Waals surface area contributed by atoms with Crippen LogP contribution in [0.3, 0.4) is 0 Å². The van der Waals surface area contributed by atoms with E-state index in [1.165, 1.54) is 12.3 Å². The lowest BCUT2D eigenvalue weighted by Gasteiger charge is -2.03. The van der Waals surface area contributed by atoms with Crippen molar-refractivity contribution in [2.75, 3.05) is 0 Å². The van der Waals surface area contributed by atoms with E-state index in [9.17, 15) is 9.18 Å². The second-order valence-corrected chi connectivity index (χ2v) is 3.11. The molecule has 5 heteroatoms. The van der Waals surface area contributed by atoms with E-state index < -0.39 is 17.1 Å². The molecule has 0 aliphatic rings. The Hall–Kier alpha value is -1.16. The average Bonchev–Trinajstić information content (AvgIpc) is 2.04. The molecular formula is C8H8ClFN2O. The summed E-state index contributed by atoms with van der Waals surface area (Å²) >= 11 is 5.58. The number of alkyl halides is 1. The van der Waals surface area contributed by atoms with Crippen LogP contribution in [0.25, 0.3) is 0 Å². The van der Waals surface area contributed by atoms with Gasteiger partial charge in [0.2, 0.25) is 5.91 Å². The molecule has 1 atom stereocenters. The predicted octanol–water partition coefficient (Wildman–Crippen LogP) is 0.856. The standard InChI is InChI=1S/C8H8ClFN2O/c9-7(8(11)13)2-5-1-6(10)4-12-3-5/h1,3-4,7H,2H2,(H2,11,13). The van der Waals surface area contributed by atoms with Crippen LogP contribution >= 0.6 is 11.6 Å². The largest absolute Gasteiger partial charge is 0.368 e. The fraction of sp³-hybridized carbons (Fsp3) is 0.250. The van der Waals surface area contributed by atoms with Crippen LogP contribution in [-0.2, 0) is 11.2 Å². The van der Waals surface area contributed by atoms with Crippen LogP contribution in [0.2, 0.25) is 0 Å². The van der Waals surface area contributed by atoms with E-state index in [2.05, 4.69) is 4.98 Å². The molecular weight excluding hydrogens is 195 g/mol. The summed E-state index contributed by atoms with van der Waals surface area (Å²) in [6.45, 7) is 0. The van der Waals surface area contributed by atoms with Gasteiger partial charge < -0.3 is 5.73 Å². The van der Waals surface area contributed by atoms with Crippen LogP contribution in [0.4, 0.5) is 4.39 Å². The van der Waals surface area contributed by atoms with Gasteiger partial charge in [-0.2, -0.15) is 0 Å². The van der Waals surface area contributed by atoms with E-state index in [1.807, 2.05) is 0 Å². The molecule has 1 aromatic heterocycles. The molecule has 1 amide bonds. The summed E-state index contributed by atoms with van der Waals surface area (Å²) in [4.78, 5) is 14.2. The quantitative estimate of drug-likeness (QED) is 0.739. The number of pyridine rings is 1. The average molecular weight is 203 g/mol.